The van der Waals surface area contributed by atoms with Gasteiger partial charge in [0.15, 0.2) is 0 Å². The van der Waals surface area contributed by atoms with E-state index in [4.69, 9.17) is 9.84 Å². The van der Waals surface area contributed by atoms with Crippen molar-refractivity contribution >= 4 is 6.09 Å². The zero-order valence-electron chi connectivity index (χ0n) is 9.00. The molecule has 2 N–H and O–H groups in total. The van der Waals surface area contributed by atoms with Crippen molar-refractivity contribution in [2.24, 2.45) is 0 Å². The molecule has 0 aromatic rings. The maximum Gasteiger partial charge on any atom is 0.408 e. The Morgan fingerprint density at radius 2 is 2.07 bits per heavy atom. The Morgan fingerprint density at radius 3 is 2.36 bits per heavy atom. The molecule has 0 fully saturated rings. The molecular formula is C9H18FNO3. The maximum absolute atomic E-state index is 12.7. The van der Waals surface area contributed by atoms with Crippen LogP contribution in [-0.2, 0) is 4.74 Å². The molecule has 0 heterocycles. The van der Waals surface area contributed by atoms with Gasteiger partial charge >= 0.3 is 6.09 Å². The number of halogens is 1. The molecule has 0 spiro atoms. The molecular weight excluding hydrogens is 189 g/mol. The number of nitrogens with one attached hydrogen (secondary N) is 1. The van der Waals surface area contributed by atoms with Gasteiger partial charge in [-0.3, -0.25) is 0 Å². The number of alkyl carbamates (subject to hydrolysis) is 1. The summed E-state index contributed by atoms with van der Waals surface area (Å²) >= 11 is 0. The molecule has 2 atom stereocenters. The van der Waals surface area contributed by atoms with Gasteiger partial charge in [-0.25, -0.2) is 9.18 Å². The van der Waals surface area contributed by atoms with Crippen molar-refractivity contribution in [3.8, 4) is 0 Å². The number of amides is 1. The number of hydrogen-bond acceptors (Lipinski definition) is 3. The topological polar surface area (TPSA) is 58.6 Å². The molecule has 0 aliphatic rings. The molecule has 0 radical (unpaired) electrons. The standard InChI is InChI=1S/C9H18FNO3/c1-6(10)7(5-12)11-8(13)14-9(2,3)4/h6-7,12H,5H2,1-4H3,(H,11,13). The van der Waals surface area contributed by atoms with E-state index in [-0.39, 0.29) is 0 Å². The van der Waals surface area contributed by atoms with Crippen LogP contribution >= 0.6 is 0 Å². The van der Waals surface area contributed by atoms with Crippen molar-refractivity contribution in [1.29, 1.82) is 0 Å². The second kappa shape index (κ2) is 5.14. The van der Waals surface area contributed by atoms with E-state index in [0.29, 0.717) is 0 Å². The Bertz CT molecular complexity index is 189. The van der Waals surface area contributed by atoms with Crippen molar-refractivity contribution < 1.29 is 19.0 Å². The average molecular weight is 207 g/mol. The van der Waals surface area contributed by atoms with Crippen LogP contribution in [0.1, 0.15) is 27.7 Å². The van der Waals surface area contributed by atoms with Gasteiger partial charge in [0.25, 0.3) is 0 Å². The fourth-order valence-corrected chi connectivity index (χ4v) is 0.765. The third-order valence-electron chi connectivity index (χ3n) is 1.45. The van der Waals surface area contributed by atoms with Crippen molar-refractivity contribution in [1.82, 2.24) is 5.32 Å². The van der Waals surface area contributed by atoms with E-state index >= 15 is 0 Å². The SMILES string of the molecule is CC(F)C(CO)NC(=O)OC(C)(C)C. The minimum absolute atomic E-state index is 0.448. The highest BCUT2D eigenvalue weighted by Crippen LogP contribution is 2.07. The Balaban J connectivity index is 4.04. The molecule has 14 heavy (non-hydrogen) atoms. The van der Waals surface area contributed by atoms with Gasteiger partial charge in [0.1, 0.15) is 11.8 Å². The lowest BCUT2D eigenvalue weighted by Crippen LogP contribution is -2.45. The van der Waals surface area contributed by atoms with Crippen LogP contribution in [0, 0.1) is 0 Å². The molecule has 0 aromatic heterocycles. The molecule has 1 amide bonds. The smallest absolute Gasteiger partial charge is 0.408 e. The van der Waals surface area contributed by atoms with Crippen LogP contribution in [-0.4, -0.2) is 35.6 Å². The molecule has 0 saturated heterocycles. The summed E-state index contributed by atoms with van der Waals surface area (Å²) in [4.78, 5) is 11.1. The van der Waals surface area contributed by atoms with Crippen LogP contribution in [0.4, 0.5) is 9.18 Å². The van der Waals surface area contributed by atoms with Crippen molar-refractivity contribution in [2.45, 2.75) is 45.5 Å². The molecule has 0 aromatic carbocycles. The van der Waals surface area contributed by atoms with E-state index in [9.17, 15) is 9.18 Å². The largest absolute Gasteiger partial charge is 0.444 e. The number of aliphatic hydroxyl groups is 1. The molecule has 0 aliphatic carbocycles. The number of aliphatic hydroxyl groups excluding tert-OH is 1. The van der Waals surface area contributed by atoms with Crippen LogP contribution < -0.4 is 5.32 Å². The van der Waals surface area contributed by atoms with Gasteiger partial charge in [-0.15, -0.1) is 0 Å². The van der Waals surface area contributed by atoms with Crippen LogP contribution in [0.5, 0.6) is 0 Å². The Hall–Kier alpha value is -0.840. The monoisotopic (exact) mass is 207 g/mol. The Kier molecular flexibility index (Phi) is 4.83. The van der Waals surface area contributed by atoms with Crippen LogP contribution in [0.25, 0.3) is 0 Å². The number of hydrogen-bond donors (Lipinski definition) is 2. The third-order valence-corrected chi connectivity index (χ3v) is 1.45. The fraction of sp³-hybridized carbons (Fsp3) is 0.889. The molecule has 4 nitrogen and oxygen atoms in total. The normalized spacial score (nSPS) is 15.9. The predicted octanol–water partition coefficient (Wildman–Crippen LogP) is 1.23. The van der Waals surface area contributed by atoms with Crippen molar-refractivity contribution in [2.75, 3.05) is 6.61 Å². The van der Waals surface area contributed by atoms with Crippen LogP contribution in [0.2, 0.25) is 0 Å². The van der Waals surface area contributed by atoms with Gasteiger partial charge in [-0.2, -0.15) is 0 Å². The van der Waals surface area contributed by atoms with Crippen molar-refractivity contribution in [3.63, 3.8) is 0 Å². The molecule has 5 heteroatoms. The molecule has 84 valence electrons. The van der Waals surface area contributed by atoms with Gasteiger partial charge in [0.05, 0.1) is 12.6 Å². The summed E-state index contributed by atoms with van der Waals surface area (Å²) in [6, 6.07) is -0.912. The maximum atomic E-state index is 12.7. The molecule has 0 saturated carbocycles. The summed E-state index contributed by atoms with van der Waals surface area (Å²) < 4.78 is 17.6. The van der Waals surface area contributed by atoms with Gasteiger partial charge in [0, 0.05) is 0 Å². The zero-order chi connectivity index (χ0) is 11.4. The lowest BCUT2D eigenvalue weighted by molar-refractivity contribution is 0.0442. The first-order valence-corrected chi connectivity index (χ1v) is 4.50. The molecule has 0 rings (SSSR count). The summed E-state index contributed by atoms with van der Waals surface area (Å²) in [5, 5.41) is 11.0. The first-order valence-electron chi connectivity index (χ1n) is 4.50. The molecule has 2 unspecified atom stereocenters. The number of ether oxygens (including phenoxy) is 1. The first-order chi connectivity index (χ1) is 6.26. The fourth-order valence-electron chi connectivity index (χ4n) is 0.765. The zero-order valence-corrected chi connectivity index (χ0v) is 9.00. The summed E-state index contributed by atoms with van der Waals surface area (Å²) in [5.74, 6) is 0. The van der Waals surface area contributed by atoms with Crippen LogP contribution in [0.15, 0.2) is 0 Å². The van der Waals surface area contributed by atoms with E-state index in [1.165, 1.54) is 6.92 Å². The summed E-state index contributed by atoms with van der Waals surface area (Å²) in [5.41, 5.74) is -0.621. The number of alkyl halides is 1. The number of rotatable bonds is 3. The highest BCUT2D eigenvalue weighted by Gasteiger charge is 2.22. The quantitative estimate of drug-likeness (QED) is 0.731. The second-order valence-corrected chi connectivity index (χ2v) is 4.11. The predicted molar refractivity (Wildman–Crippen MR) is 50.8 cm³/mol. The lowest BCUT2D eigenvalue weighted by Gasteiger charge is -2.23. The van der Waals surface area contributed by atoms with Gasteiger partial charge in [-0.1, -0.05) is 0 Å². The highest BCUT2D eigenvalue weighted by atomic mass is 19.1. The minimum Gasteiger partial charge on any atom is -0.444 e. The summed E-state index contributed by atoms with van der Waals surface area (Å²) in [6.07, 6.45) is -2.03. The van der Waals surface area contributed by atoms with E-state index in [1.54, 1.807) is 20.8 Å². The van der Waals surface area contributed by atoms with Gasteiger partial charge in [-0.05, 0) is 27.7 Å². The lowest BCUT2D eigenvalue weighted by atomic mass is 10.2. The van der Waals surface area contributed by atoms with E-state index in [0.717, 1.165) is 0 Å². The van der Waals surface area contributed by atoms with E-state index in [2.05, 4.69) is 5.32 Å². The highest BCUT2D eigenvalue weighted by molar-refractivity contribution is 5.68. The number of carbonyl (C=O) groups excluding carboxylic acids is 1. The molecule has 0 bridgehead atoms. The third kappa shape index (κ3) is 5.75. The summed E-state index contributed by atoms with van der Waals surface area (Å²) in [7, 11) is 0. The Morgan fingerprint density at radius 1 is 1.57 bits per heavy atom. The van der Waals surface area contributed by atoms with Gasteiger partial charge in [0.2, 0.25) is 0 Å². The van der Waals surface area contributed by atoms with E-state index in [1.807, 2.05) is 0 Å². The number of carbonyl (C=O) groups is 1. The van der Waals surface area contributed by atoms with Crippen LogP contribution in [0.3, 0.4) is 0 Å². The molecule has 0 aliphatic heterocycles. The second-order valence-electron chi connectivity index (χ2n) is 4.11. The average Bonchev–Trinajstić information content (AvgIpc) is 1.96. The van der Waals surface area contributed by atoms with E-state index < -0.39 is 30.5 Å². The summed E-state index contributed by atoms with van der Waals surface area (Å²) in [6.45, 7) is 5.94. The Labute approximate surface area is 83.4 Å². The minimum atomic E-state index is -1.31. The van der Waals surface area contributed by atoms with Crippen molar-refractivity contribution in [3.05, 3.63) is 0 Å². The van der Waals surface area contributed by atoms with Gasteiger partial charge < -0.3 is 15.2 Å². The first kappa shape index (κ1) is 13.2.